The van der Waals surface area contributed by atoms with Gasteiger partial charge in [0, 0.05) is 16.7 Å². The molecule has 0 atom stereocenters. The zero-order valence-corrected chi connectivity index (χ0v) is 8.01. The average molecular weight is 214 g/mol. The fourth-order valence-corrected chi connectivity index (χ4v) is 1.42. The highest BCUT2D eigenvalue weighted by Crippen LogP contribution is 2.29. The number of hydrogen-bond acceptors (Lipinski definition) is 2. The molecule has 0 aliphatic carbocycles. The first kappa shape index (κ1) is 8.60. The van der Waals surface area contributed by atoms with Gasteiger partial charge in [-0.2, -0.15) is 0 Å². The van der Waals surface area contributed by atoms with Crippen molar-refractivity contribution in [3.63, 3.8) is 0 Å². The maximum atomic E-state index is 5.94. The molecule has 1 aromatic heterocycles. The van der Waals surface area contributed by atoms with Crippen LogP contribution in [0.25, 0.3) is 11.3 Å². The summed E-state index contributed by atoms with van der Waals surface area (Å²) in [6, 6.07) is 6.92. The van der Waals surface area contributed by atoms with Gasteiger partial charge in [0.2, 0.25) is 0 Å². The van der Waals surface area contributed by atoms with Crippen LogP contribution in [0.5, 0.6) is 0 Å². The lowest BCUT2D eigenvalue weighted by Gasteiger charge is -1.99. The third-order valence-electron chi connectivity index (χ3n) is 1.63. The van der Waals surface area contributed by atoms with Crippen LogP contribution in [0.2, 0.25) is 10.0 Å². The van der Waals surface area contributed by atoms with Crippen molar-refractivity contribution in [2.24, 2.45) is 0 Å². The van der Waals surface area contributed by atoms with E-state index in [-0.39, 0.29) is 0 Å². The standard InChI is InChI=1S/C9H5Cl2NO/c10-6-1-2-8(11)7(5-6)9-3-4-12-13-9/h1-5H. The Morgan fingerprint density at radius 3 is 2.69 bits per heavy atom. The Kier molecular flexibility index (Phi) is 2.25. The lowest BCUT2D eigenvalue weighted by Crippen LogP contribution is -1.76. The first-order valence-corrected chi connectivity index (χ1v) is 4.39. The summed E-state index contributed by atoms with van der Waals surface area (Å²) in [5.41, 5.74) is 0.756. The summed E-state index contributed by atoms with van der Waals surface area (Å²) in [5, 5.41) is 4.81. The van der Waals surface area contributed by atoms with Crippen molar-refractivity contribution in [2.45, 2.75) is 0 Å². The maximum absolute atomic E-state index is 5.94. The van der Waals surface area contributed by atoms with E-state index < -0.39 is 0 Å². The van der Waals surface area contributed by atoms with Crippen LogP contribution < -0.4 is 0 Å². The summed E-state index contributed by atoms with van der Waals surface area (Å²) in [4.78, 5) is 0. The van der Waals surface area contributed by atoms with Gasteiger partial charge in [0.1, 0.15) is 0 Å². The number of rotatable bonds is 1. The molecule has 0 aliphatic rings. The Balaban J connectivity index is 2.57. The van der Waals surface area contributed by atoms with Crippen LogP contribution in [0.1, 0.15) is 0 Å². The van der Waals surface area contributed by atoms with Crippen molar-refractivity contribution in [1.29, 1.82) is 0 Å². The summed E-state index contributed by atoms with van der Waals surface area (Å²) in [5.74, 6) is 0.618. The van der Waals surface area contributed by atoms with Gasteiger partial charge in [-0.1, -0.05) is 28.4 Å². The molecule has 66 valence electrons. The van der Waals surface area contributed by atoms with Crippen LogP contribution in [0.4, 0.5) is 0 Å². The molecule has 0 saturated heterocycles. The van der Waals surface area contributed by atoms with Crippen molar-refractivity contribution in [1.82, 2.24) is 5.16 Å². The lowest BCUT2D eigenvalue weighted by atomic mass is 10.2. The van der Waals surface area contributed by atoms with Crippen molar-refractivity contribution in [2.75, 3.05) is 0 Å². The molecule has 2 aromatic rings. The van der Waals surface area contributed by atoms with E-state index in [4.69, 9.17) is 27.7 Å². The molecule has 0 N–H and O–H groups in total. The zero-order chi connectivity index (χ0) is 9.26. The van der Waals surface area contributed by atoms with Gasteiger partial charge in [-0.25, -0.2) is 0 Å². The van der Waals surface area contributed by atoms with Crippen LogP contribution in [0.3, 0.4) is 0 Å². The molecular weight excluding hydrogens is 209 g/mol. The Morgan fingerprint density at radius 2 is 2.00 bits per heavy atom. The number of benzene rings is 1. The number of halogens is 2. The molecule has 1 aromatic carbocycles. The van der Waals surface area contributed by atoms with E-state index >= 15 is 0 Å². The number of nitrogens with zero attached hydrogens (tertiary/aromatic N) is 1. The Hall–Kier alpha value is -0.990. The molecule has 2 nitrogen and oxygen atoms in total. The molecular formula is C9H5Cl2NO. The molecule has 1 heterocycles. The minimum absolute atomic E-state index is 0.598. The van der Waals surface area contributed by atoms with Crippen molar-refractivity contribution >= 4 is 23.2 Å². The van der Waals surface area contributed by atoms with Crippen molar-refractivity contribution < 1.29 is 4.52 Å². The van der Waals surface area contributed by atoms with Gasteiger partial charge in [0.15, 0.2) is 5.76 Å². The van der Waals surface area contributed by atoms with Gasteiger partial charge in [-0.05, 0) is 18.2 Å². The molecule has 0 amide bonds. The summed E-state index contributed by atoms with van der Waals surface area (Å²) in [6.45, 7) is 0. The largest absolute Gasteiger partial charge is 0.356 e. The van der Waals surface area contributed by atoms with Crippen molar-refractivity contribution in [3.05, 3.63) is 40.5 Å². The molecule has 0 aliphatic heterocycles. The third kappa shape index (κ3) is 1.69. The van der Waals surface area contributed by atoms with Gasteiger partial charge in [0.25, 0.3) is 0 Å². The molecule has 13 heavy (non-hydrogen) atoms. The first-order valence-electron chi connectivity index (χ1n) is 3.63. The fourth-order valence-electron chi connectivity index (χ4n) is 1.04. The topological polar surface area (TPSA) is 26.0 Å². The Bertz CT molecular complexity index is 412. The van der Waals surface area contributed by atoms with E-state index in [1.165, 1.54) is 0 Å². The summed E-state index contributed by atoms with van der Waals surface area (Å²) in [7, 11) is 0. The highest BCUT2D eigenvalue weighted by molar-refractivity contribution is 6.35. The second-order valence-electron chi connectivity index (χ2n) is 2.50. The second-order valence-corrected chi connectivity index (χ2v) is 3.34. The molecule has 0 radical (unpaired) electrons. The van der Waals surface area contributed by atoms with Gasteiger partial charge in [-0.15, -0.1) is 0 Å². The Labute approximate surface area is 85.1 Å². The predicted octanol–water partition coefficient (Wildman–Crippen LogP) is 3.65. The van der Waals surface area contributed by atoms with Crippen molar-refractivity contribution in [3.8, 4) is 11.3 Å². The van der Waals surface area contributed by atoms with Gasteiger partial charge in [0.05, 0.1) is 11.2 Å². The minimum atomic E-state index is 0.598. The summed E-state index contributed by atoms with van der Waals surface area (Å²) < 4.78 is 4.96. The molecule has 2 rings (SSSR count). The first-order chi connectivity index (χ1) is 6.27. The smallest absolute Gasteiger partial charge is 0.168 e. The summed E-state index contributed by atoms with van der Waals surface area (Å²) in [6.07, 6.45) is 1.56. The molecule has 0 bridgehead atoms. The quantitative estimate of drug-likeness (QED) is 0.723. The maximum Gasteiger partial charge on any atom is 0.168 e. The molecule has 0 unspecified atom stereocenters. The molecule has 0 saturated carbocycles. The van der Waals surface area contributed by atoms with Gasteiger partial charge in [-0.3, -0.25) is 0 Å². The van der Waals surface area contributed by atoms with E-state index in [0.717, 1.165) is 5.56 Å². The van der Waals surface area contributed by atoms with Crippen LogP contribution >= 0.6 is 23.2 Å². The fraction of sp³-hybridized carbons (Fsp3) is 0. The highest BCUT2D eigenvalue weighted by Gasteiger charge is 2.06. The monoisotopic (exact) mass is 213 g/mol. The molecule has 0 fully saturated rings. The van der Waals surface area contributed by atoms with Crippen LogP contribution in [-0.2, 0) is 0 Å². The SMILES string of the molecule is Clc1ccc(Cl)c(-c2ccno2)c1. The normalized spacial score (nSPS) is 10.3. The average Bonchev–Trinajstić information content (AvgIpc) is 2.61. The Morgan fingerprint density at radius 1 is 1.15 bits per heavy atom. The number of aromatic nitrogens is 1. The van der Waals surface area contributed by atoms with Crippen LogP contribution in [-0.4, -0.2) is 5.16 Å². The predicted molar refractivity (Wildman–Crippen MR) is 52.0 cm³/mol. The zero-order valence-electron chi connectivity index (χ0n) is 6.50. The van der Waals surface area contributed by atoms with Crippen LogP contribution in [0, 0.1) is 0 Å². The van der Waals surface area contributed by atoms with E-state index in [0.29, 0.717) is 15.8 Å². The lowest BCUT2D eigenvalue weighted by molar-refractivity contribution is 0.432. The molecule has 4 heteroatoms. The van der Waals surface area contributed by atoms with E-state index in [1.807, 2.05) is 0 Å². The van der Waals surface area contributed by atoms with E-state index in [2.05, 4.69) is 5.16 Å². The second kappa shape index (κ2) is 3.40. The third-order valence-corrected chi connectivity index (χ3v) is 2.20. The molecule has 0 spiro atoms. The highest BCUT2D eigenvalue weighted by atomic mass is 35.5. The summed E-state index contributed by atoms with van der Waals surface area (Å²) >= 11 is 11.8. The van der Waals surface area contributed by atoms with E-state index in [1.54, 1.807) is 30.5 Å². The number of hydrogen-bond donors (Lipinski definition) is 0. The van der Waals surface area contributed by atoms with Gasteiger partial charge < -0.3 is 4.52 Å². The van der Waals surface area contributed by atoms with Gasteiger partial charge >= 0.3 is 0 Å². The van der Waals surface area contributed by atoms with E-state index in [9.17, 15) is 0 Å². The minimum Gasteiger partial charge on any atom is -0.356 e. The van der Waals surface area contributed by atoms with Crippen LogP contribution in [0.15, 0.2) is 35.0 Å².